The Bertz CT molecular complexity index is 1760. The van der Waals surface area contributed by atoms with E-state index in [-0.39, 0.29) is 23.5 Å². The van der Waals surface area contributed by atoms with Crippen LogP contribution in [0.25, 0.3) is 10.9 Å². The lowest BCUT2D eigenvalue weighted by Crippen LogP contribution is -2.28. The molecule has 206 valence electrons. The average Bonchev–Trinajstić information content (AvgIpc) is 3.57. The SMILES string of the molecule is Cc1ccc(C)c(Cn2cc(SCC(=O)N3N=C(c4ccc(Br)cc4)C[C@@H]3c3ccc(F)cc3)c3ccccc32)c1. The van der Waals surface area contributed by atoms with Crippen molar-refractivity contribution in [3.8, 4) is 0 Å². The molecule has 0 spiro atoms. The molecule has 1 atom stereocenters. The first kappa shape index (κ1) is 27.5. The summed E-state index contributed by atoms with van der Waals surface area (Å²) in [4.78, 5) is 14.8. The molecule has 1 aliphatic heterocycles. The number of benzene rings is 4. The summed E-state index contributed by atoms with van der Waals surface area (Å²) >= 11 is 5.02. The summed E-state index contributed by atoms with van der Waals surface area (Å²) in [7, 11) is 0. The Morgan fingerprint density at radius 1 is 1.00 bits per heavy atom. The van der Waals surface area contributed by atoms with Gasteiger partial charge in [0, 0.05) is 39.4 Å². The van der Waals surface area contributed by atoms with E-state index < -0.39 is 0 Å². The molecule has 0 fully saturated rings. The van der Waals surface area contributed by atoms with Gasteiger partial charge in [-0.25, -0.2) is 9.40 Å². The third kappa shape index (κ3) is 5.88. The van der Waals surface area contributed by atoms with Crippen LogP contribution in [-0.2, 0) is 11.3 Å². The van der Waals surface area contributed by atoms with Crippen LogP contribution in [0.3, 0.4) is 0 Å². The van der Waals surface area contributed by atoms with Crippen LogP contribution in [0.5, 0.6) is 0 Å². The smallest absolute Gasteiger partial charge is 0.253 e. The Hall–Kier alpha value is -3.68. The lowest BCUT2D eigenvalue weighted by atomic mass is 9.98. The number of nitrogens with zero attached hydrogens (tertiary/aromatic N) is 3. The lowest BCUT2D eigenvalue weighted by molar-refractivity contribution is -0.130. The van der Waals surface area contributed by atoms with Gasteiger partial charge < -0.3 is 4.57 Å². The Balaban J connectivity index is 1.26. The Morgan fingerprint density at radius 3 is 2.54 bits per heavy atom. The molecule has 41 heavy (non-hydrogen) atoms. The Morgan fingerprint density at radius 2 is 1.76 bits per heavy atom. The number of thioether (sulfide) groups is 1. The highest BCUT2D eigenvalue weighted by molar-refractivity contribution is 9.10. The summed E-state index contributed by atoms with van der Waals surface area (Å²) in [6, 6.07) is 28.9. The zero-order valence-electron chi connectivity index (χ0n) is 22.9. The molecular weight excluding hydrogens is 597 g/mol. The number of hydrogen-bond acceptors (Lipinski definition) is 3. The number of aromatic nitrogens is 1. The fraction of sp³-hybridized carbons (Fsp3) is 0.176. The van der Waals surface area contributed by atoms with Crippen molar-refractivity contribution in [1.29, 1.82) is 0 Å². The normalized spacial score (nSPS) is 15.0. The van der Waals surface area contributed by atoms with Gasteiger partial charge in [0.15, 0.2) is 0 Å². The van der Waals surface area contributed by atoms with E-state index in [2.05, 4.69) is 76.9 Å². The number of amides is 1. The lowest BCUT2D eigenvalue weighted by Gasteiger charge is -2.22. The van der Waals surface area contributed by atoms with Crippen LogP contribution >= 0.6 is 27.7 Å². The highest BCUT2D eigenvalue weighted by Crippen LogP contribution is 2.36. The first-order chi connectivity index (χ1) is 19.9. The molecule has 1 amide bonds. The molecule has 0 N–H and O–H groups in total. The van der Waals surface area contributed by atoms with Crippen molar-refractivity contribution in [1.82, 2.24) is 9.58 Å². The van der Waals surface area contributed by atoms with Crippen LogP contribution < -0.4 is 0 Å². The van der Waals surface area contributed by atoms with Gasteiger partial charge in [-0.2, -0.15) is 5.10 Å². The molecule has 4 aromatic carbocycles. The second-order valence-corrected chi connectivity index (χ2v) is 12.4. The maximum absolute atomic E-state index is 13.7. The molecule has 0 radical (unpaired) electrons. The summed E-state index contributed by atoms with van der Waals surface area (Å²) in [5.74, 6) is -0.138. The largest absolute Gasteiger partial charge is 0.342 e. The quantitative estimate of drug-likeness (QED) is 0.170. The number of carbonyl (C=O) groups excluding carboxylic acids is 1. The number of hydrazone groups is 1. The van der Waals surface area contributed by atoms with Gasteiger partial charge in [-0.15, -0.1) is 11.8 Å². The Kier molecular flexibility index (Phi) is 7.82. The standard InChI is InChI=1S/C34H29BrFN3OS/c1-22-7-8-23(2)26(17-22)19-38-20-33(29-5-3-4-6-31(29)38)41-21-34(40)39-32(25-11-15-28(36)16-12-25)18-30(37-39)24-9-13-27(35)14-10-24/h3-17,20,32H,18-19,21H2,1-2H3/t32-/m1/s1. The van der Waals surface area contributed by atoms with Gasteiger partial charge in [-0.1, -0.05) is 82.2 Å². The van der Waals surface area contributed by atoms with Crippen molar-refractivity contribution >= 4 is 50.2 Å². The van der Waals surface area contributed by atoms with E-state index in [9.17, 15) is 9.18 Å². The molecular formula is C34H29BrFN3OS. The van der Waals surface area contributed by atoms with Crippen molar-refractivity contribution in [2.75, 3.05) is 5.75 Å². The summed E-state index contributed by atoms with van der Waals surface area (Å²) < 4.78 is 17.0. The van der Waals surface area contributed by atoms with Crippen LogP contribution in [0.4, 0.5) is 4.39 Å². The molecule has 2 heterocycles. The van der Waals surface area contributed by atoms with Crippen LogP contribution in [0.2, 0.25) is 0 Å². The van der Waals surface area contributed by atoms with E-state index in [4.69, 9.17) is 5.10 Å². The number of hydrogen-bond donors (Lipinski definition) is 0. The first-order valence-electron chi connectivity index (χ1n) is 13.5. The van der Waals surface area contributed by atoms with Gasteiger partial charge in [0.05, 0.1) is 17.5 Å². The predicted octanol–water partition coefficient (Wildman–Crippen LogP) is 8.68. The molecule has 0 saturated heterocycles. The maximum Gasteiger partial charge on any atom is 0.253 e. The van der Waals surface area contributed by atoms with Gasteiger partial charge in [0.2, 0.25) is 0 Å². The zero-order valence-corrected chi connectivity index (χ0v) is 25.3. The van der Waals surface area contributed by atoms with Crippen LogP contribution in [0.1, 0.15) is 40.3 Å². The van der Waals surface area contributed by atoms with Gasteiger partial charge >= 0.3 is 0 Å². The van der Waals surface area contributed by atoms with Gasteiger partial charge in [0.1, 0.15) is 5.82 Å². The molecule has 1 aliphatic rings. The highest BCUT2D eigenvalue weighted by atomic mass is 79.9. The fourth-order valence-electron chi connectivity index (χ4n) is 5.32. The van der Waals surface area contributed by atoms with E-state index in [1.165, 1.54) is 40.6 Å². The topological polar surface area (TPSA) is 37.6 Å². The molecule has 0 unspecified atom stereocenters. The van der Waals surface area contributed by atoms with Crippen LogP contribution in [-0.4, -0.2) is 26.9 Å². The summed E-state index contributed by atoms with van der Waals surface area (Å²) in [6.07, 6.45) is 2.72. The van der Waals surface area contributed by atoms with E-state index >= 15 is 0 Å². The van der Waals surface area contributed by atoms with Crippen molar-refractivity contribution in [2.24, 2.45) is 5.10 Å². The molecule has 0 saturated carbocycles. The first-order valence-corrected chi connectivity index (χ1v) is 15.3. The molecule has 0 aliphatic carbocycles. The Labute approximate surface area is 252 Å². The second-order valence-electron chi connectivity index (χ2n) is 10.4. The molecule has 7 heteroatoms. The molecule has 0 bridgehead atoms. The average molecular weight is 627 g/mol. The number of carbonyl (C=O) groups is 1. The van der Waals surface area contributed by atoms with Crippen LogP contribution in [0.15, 0.2) is 112 Å². The minimum absolute atomic E-state index is 0.0807. The number of para-hydroxylation sites is 1. The molecule has 1 aromatic heterocycles. The number of halogens is 2. The molecule has 4 nitrogen and oxygen atoms in total. The van der Waals surface area contributed by atoms with Crippen LogP contribution in [0, 0.1) is 19.7 Å². The van der Waals surface area contributed by atoms with E-state index in [1.807, 2.05) is 30.3 Å². The highest BCUT2D eigenvalue weighted by Gasteiger charge is 2.33. The molecule has 6 rings (SSSR count). The maximum atomic E-state index is 13.7. The summed E-state index contributed by atoms with van der Waals surface area (Å²) in [6.45, 7) is 5.03. The van der Waals surface area contributed by atoms with E-state index in [1.54, 1.807) is 17.1 Å². The third-order valence-electron chi connectivity index (χ3n) is 7.55. The summed E-state index contributed by atoms with van der Waals surface area (Å²) in [5.41, 5.74) is 7.61. The summed E-state index contributed by atoms with van der Waals surface area (Å²) in [5, 5.41) is 7.52. The number of fused-ring (bicyclic) bond motifs is 1. The number of rotatable bonds is 7. The van der Waals surface area contributed by atoms with Gasteiger partial charge in [-0.05, 0) is 66.4 Å². The fourth-order valence-corrected chi connectivity index (χ4v) is 6.53. The molecule has 5 aromatic rings. The van der Waals surface area contributed by atoms with E-state index in [0.717, 1.165) is 43.7 Å². The number of aryl methyl sites for hydroxylation is 2. The van der Waals surface area contributed by atoms with Crippen molar-refractivity contribution in [3.63, 3.8) is 0 Å². The third-order valence-corrected chi connectivity index (χ3v) is 9.10. The van der Waals surface area contributed by atoms with Crippen molar-refractivity contribution in [2.45, 2.75) is 37.8 Å². The van der Waals surface area contributed by atoms with Gasteiger partial charge in [-0.3, -0.25) is 4.79 Å². The minimum atomic E-state index is -0.300. The minimum Gasteiger partial charge on any atom is -0.342 e. The zero-order chi connectivity index (χ0) is 28.5. The van der Waals surface area contributed by atoms with Gasteiger partial charge in [0.25, 0.3) is 5.91 Å². The second kappa shape index (κ2) is 11.7. The van der Waals surface area contributed by atoms with Crippen molar-refractivity contribution < 1.29 is 9.18 Å². The van der Waals surface area contributed by atoms with Crippen molar-refractivity contribution in [3.05, 3.63) is 135 Å². The van der Waals surface area contributed by atoms with E-state index in [0.29, 0.717) is 6.42 Å². The monoisotopic (exact) mass is 625 g/mol. The predicted molar refractivity (Wildman–Crippen MR) is 169 cm³/mol.